The molecule has 0 unspecified atom stereocenters. The quantitative estimate of drug-likeness (QED) is 0.174. The van der Waals surface area contributed by atoms with E-state index in [1.54, 1.807) is 6.07 Å². The summed E-state index contributed by atoms with van der Waals surface area (Å²) in [4.78, 5) is 0. The topological polar surface area (TPSA) is 20.2 Å². The van der Waals surface area contributed by atoms with Gasteiger partial charge in [0.2, 0.25) is 0 Å². The normalized spacial score (nSPS) is 11.7. The minimum Gasteiger partial charge on any atom is -0.392 e. The molecule has 128 heavy (non-hydrogen) atoms. The van der Waals surface area contributed by atoms with Gasteiger partial charge in [0.15, 0.2) is 0 Å². The fraction of sp³-hybridized carbons (Fsp3) is 0.459. The van der Waals surface area contributed by atoms with E-state index in [2.05, 4.69) is 440 Å². The van der Waals surface area contributed by atoms with E-state index in [0.717, 1.165) is 47.9 Å². The van der Waals surface area contributed by atoms with E-state index >= 15 is 0 Å². The number of aryl methyl sites for hydroxylation is 11. The van der Waals surface area contributed by atoms with Gasteiger partial charge in [-0.2, -0.15) is 0 Å². The number of hydrogen-bond donors (Lipinski definition) is 1. The molecule has 0 saturated heterocycles. The molecule has 0 aliphatic rings. The Kier molecular flexibility index (Phi) is 47.1. The maximum Gasteiger partial charge on any atom is 0.127 e. The molecule has 0 radical (unpaired) electrons. The van der Waals surface area contributed by atoms with Crippen molar-refractivity contribution in [3.8, 4) is 0 Å². The molecule has 702 valence electrons. The maximum atomic E-state index is 13.3. The SMILES string of the molecule is CC(C)(C)c1c(Cl)cccc1Cl.CC(C)(C)c1ccccc1CO.Cc1ccc(C(C)(C)C)c(Cl)c1.Cc1ccc(C(C)(C)C)c(F)c1.Cc1ccc(C(C)(C)C)cc1.Cc1ccc(C(C)(C)C)cc1.Cc1ccc(C(C)(C)C)cc1Cl.Cc1ccc(C)c(C(C)(C)C)c1.Cc1cccc(C(C)(C)C)c1.Cc1cccc(C(C)(C)C)c1.Cc1cccc(C)c1C(C)(C)C. The lowest BCUT2D eigenvalue weighted by molar-refractivity contribution is 0.278. The Labute approximate surface area is 805 Å². The number of halogens is 5. The zero-order valence-corrected chi connectivity index (χ0v) is 91.5. The van der Waals surface area contributed by atoms with E-state index in [1.807, 2.05) is 89.2 Å². The maximum absolute atomic E-state index is 13.3. The number of rotatable bonds is 1. The third-order valence-electron chi connectivity index (χ3n) is 21.6. The van der Waals surface area contributed by atoms with Crippen LogP contribution < -0.4 is 0 Å². The van der Waals surface area contributed by atoms with E-state index in [9.17, 15) is 4.39 Å². The summed E-state index contributed by atoms with van der Waals surface area (Å²) in [6.07, 6.45) is 0. The van der Waals surface area contributed by atoms with Crippen LogP contribution in [0, 0.1) is 82.0 Å². The van der Waals surface area contributed by atoms with Crippen LogP contribution in [0.2, 0.25) is 20.1 Å². The number of hydrogen-bond acceptors (Lipinski definition) is 1. The summed E-state index contributed by atoms with van der Waals surface area (Å²) in [7, 11) is 0. The highest BCUT2D eigenvalue weighted by Crippen LogP contribution is 2.37. The van der Waals surface area contributed by atoms with Gasteiger partial charge in [-0.1, -0.05) is 503 Å². The Morgan fingerprint density at radius 3 is 0.805 bits per heavy atom. The second kappa shape index (κ2) is 50.9. The minimum atomic E-state index is -0.0994. The smallest absolute Gasteiger partial charge is 0.127 e. The van der Waals surface area contributed by atoms with Gasteiger partial charge in [-0.25, -0.2) is 4.39 Å². The van der Waals surface area contributed by atoms with Crippen molar-refractivity contribution in [1.82, 2.24) is 0 Å². The third-order valence-corrected chi connectivity index (χ3v) is 23.0. The fourth-order valence-electron chi connectivity index (χ4n) is 14.0. The summed E-state index contributed by atoms with van der Waals surface area (Å²) < 4.78 is 13.3. The lowest BCUT2D eigenvalue weighted by Crippen LogP contribution is -2.14. The van der Waals surface area contributed by atoms with Crippen molar-refractivity contribution >= 4 is 46.4 Å². The second-order valence-electron chi connectivity index (χ2n) is 46.1. The zero-order valence-electron chi connectivity index (χ0n) is 88.5. The van der Waals surface area contributed by atoms with Crippen molar-refractivity contribution in [3.63, 3.8) is 0 Å². The van der Waals surface area contributed by atoms with Crippen LogP contribution in [0.5, 0.6) is 0 Å². The molecule has 0 bridgehead atoms. The molecule has 0 atom stereocenters. The van der Waals surface area contributed by atoms with Gasteiger partial charge < -0.3 is 5.11 Å². The van der Waals surface area contributed by atoms with Crippen LogP contribution in [0.4, 0.5) is 4.39 Å². The van der Waals surface area contributed by atoms with Crippen LogP contribution in [0.3, 0.4) is 0 Å². The summed E-state index contributed by atoms with van der Waals surface area (Å²) in [5, 5.41) is 12.3. The Hall–Kier alpha value is -7.53. The Balaban J connectivity index is 0.000000704. The number of aliphatic hydroxyl groups excluding tert-OH is 1. The van der Waals surface area contributed by atoms with Crippen molar-refractivity contribution in [3.05, 3.63) is 384 Å². The lowest BCUT2D eigenvalue weighted by atomic mass is 9.81. The summed E-state index contributed by atoms with van der Waals surface area (Å²) in [6, 6.07) is 79.5. The molecule has 0 saturated carbocycles. The Morgan fingerprint density at radius 2 is 0.508 bits per heavy atom. The van der Waals surface area contributed by atoms with E-state index < -0.39 is 0 Å². The summed E-state index contributed by atoms with van der Waals surface area (Å²) >= 11 is 24.2. The zero-order chi connectivity index (χ0) is 99.2. The molecular weight excluding hydrogens is 1640 g/mol. The van der Waals surface area contributed by atoms with Gasteiger partial charge in [0, 0.05) is 20.1 Å². The molecule has 11 aromatic carbocycles. The van der Waals surface area contributed by atoms with Crippen molar-refractivity contribution in [2.24, 2.45) is 0 Å². The third kappa shape index (κ3) is 44.6. The molecule has 11 aromatic rings. The largest absolute Gasteiger partial charge is 0.392 e. The second-order valence-corrected chi connectivity index (χ2v) is 47.8. The molecule has 0 fully saturated rings. The highest BCUT2D eigenvalue weighted by molar-refractivity contribution is 6.36. The van der Waals surface area contributed by atoms with Crippen LogP contribution in [-0.2, 0) is 66.2 Å². The number of aliphatic hydroxyl groups is 1. The monoisotopic (exact) mass is 1810 g/mol. The molecular formula is C122H173Cl4FO. The van der Waals surface area contributed by atoms with Gasteiger partial charge in [-0.05, 0) is 266 Å². The van der Waals surface area contributed by atoms with Crippen molar-refractivity contribution < 1.29 is 9.50 Å². The highest BCUT2D eigenvalue weighted by Gasteiger charge is 2.24. The minimum absolute atomic E-state index is 0.00935. The molecule has 11 rings (SSSR count). The van der Waals surface area contributed by atoms with Crippen molar-refractivity contribution in [2.75, 3.05) is 0 Å². The molecule has 0 heterocycles. The fourth-order valence-corrected chi connectivity index (χ4v) is 15.7. The van der Waals surface area contributed by atoms with Crippen LogP contribution >= 0.6 is 46.4 Å². The Morgan fingerprint density at radius 1 is 0.203 bits per heavy atom. The highest BCUT2D eigenvalue weighted by atomic mass is 35.5. The van der Waals surface area contributed by atoms with Crippen LogP contribution in [0.1, 0.15) is 356 Å². The summed E-state index contributed by atoms with van der Waals surface area (Å²) in [6.45, 7) is 95.6. The van der Waals surface area contributed by atoms with Crippen molar-refractivity contribution in [2.45, 2.75) is 371 Å². The van der Waals surface area contributed by atoms with Gasteiger partial charge in [-0.15, -0.1) is 0 Å². The van der Waals surface area contributed by atoms with Gasteiger partial charge in [0.05, 0.1) is 6.61 Å². The van der Waals surface area contributed by atoms with Crippen molar-refractivity contribution in [1.29, 1.82) is 0 Å². The first kappa shape index (κ1) is 118. The summed E-state index contributed by atoms with van der Waals surface area (Å²) in [5.41, 5.74) is 31.5. The van der Waals surface area contributed by atoms with E-state index in [0.29, 0.717) is 0 Å². The van der Waals surface area contributed by atoms with E-state index in [4.69, 9.17) is 51.5 Å². The molecule has 0 aliphatic heterocycles. The lowest BCUT2D eigenvalue weighted by Gasteiger charge is -2.23. The predicted octanol–water partition coefficient (Wildman–Crippen LogP) is 38.5. The Bertz CT molecular complexity index is 4850. The molecule has 6 heteroatoms. The van der Waals surface area contributed by atoms with Gasteiger partial charge in [-0.3, -0.25) is 0 Å². The molecule has 1 nitrogen and oxygen atoms in total. The van der Waals surface area contributed by atoms with Gasteiger partial charge >= 0.3 is 0 Å². The standard InChI is InChI=1S/2C12H18.2C11H15Cl.C11H15F.C11H16O.4C11H16.C10H12Cl2/c1-9-6-7-10(2)11(8-9)12(3,4)5;1-9-7-6-8-10(2)11(9)12(3,4)5;1-8-5-6-9(7-10(8)12)11(2,3)4;2*1-8-5-6-9(10(12)7-8)11(2,3)4;1-11(2,3)10-7-5-4-6-9(10)8-12;2*1-9-5-7-10(8-6-9)11(2,3)4;2*1-9-6-5-7-10(8-9)11(2,3)4;1-10(2,3)9-7(11)5-4-6-8(9)12/h2*6-8H,1-5H3;3*5-7H,1-4H3;4-7,12H,8H2,1-3H3;4*5-8H,1-4H3;4-6H,1-3H3. The first-order valence-corrected chi connectivity index (χ1v) is 47.4. The van der Waals surface area contributed by atoms with E-state index in [-0.39, 0.29) is 72.0 Å². The van der Waals surface area contributed by atoms with Gasteiger partial charge in [0.25, 0.3) is 0 Å². The molecule has 1 N–H and O–H groups in total. The summed E-state index contributed by atoms with van der Waals surface area (Å²) in [5.74, 6) is -0.0949. The predicted molar refractivity (Wildman–Crippen MR) is 575 cm³/mol. The van der Waals surface area contributed by atoms with E-state index in [1.165, 1.54) is 100 Å². The van der Waals surface area contributed by atoms with Gasteiger partial charge in [0.1, 0.15) is 5.82 Å². The van der Waals surface area contributed by atoms with Crippen LogP contribution in [-0.4, -0.2) is 5.11 Å². The first-order chi connectivity index (χ1) is 58.0. The average Bonchev–Trinajstić information content (AvgIpc) is 0.849. The van der Waals surface area contributed by atoms with Crippen LogP contribution in [0.15, 0.2) is 231 Å². The average molecular weight is 1820 g/mol. The number of benzene rings is 11. The molecule has 0 aliphatic carbocycles. The molecule has 0 spiro atoms. The van der Waals surface area contributed by atoms with Crippen LogP contribution in [0.25, 0.3) is 0 Å². The first-order valence-electron chi connectivity index (χ1n) is 45.9. The molecule has 0 amide bonds. The molecule has 0 aromatic heterocycles.